The summed E-state index contributed by atoms with van der Waals surface area (Å²) in [6.45, 7) is 5.75. The molecule has 0 bridgehead atoms. The van der Waals surface area contributed by atoms with Gasteiger partial charge in [0, 0.05) is 5.92 Å². The first-order valence-corrected chi connectivity index (χ1v) is 11.4. The third-order valence-electron chi connectivity index (χ3n) is 6.45. The Kier molecular flexibility index (Phi) is 9.86. The number of hydrogen-bond acceptors (Lipinski definition) is 2. The minimum Gasteiger partial charge on any atom is -0.392 e. The normalized spacial score (nSPS) is 29.2. The molecule has 0 saturated heterocycles. The van der Waals surface area contributed by atoms with Gasteiger partial charge in [-0.2, -0.15) is 0 Å². The van der Waals surface area contributed by atoms with Crippen LogP contribution in [0.2, 0.25) is 0 Å². The lowest BCUT2D eigenvalue weighted by atomic mass is 9.88. The summed E-state index contributed by atoms with van der Waals surface area (Å²) in [6.07, 6.45) is 22.6. The molecule has 0 aliphatic heterocycles. The molecule has 0 spiro atoms. The summed E-state index contributed by atoms with van der Waals surface area (Å²) in [4.78, 5) is 2.27. The van der Waals surface area contributed by atoms with Crippen molar-refractivity contribution in [3.05, 3.63) is 36.0 Å². The number of nitrogens with zero attached hydrogens (tertiary/aromatic N) is 1. The largest absolute Gasteiger partial charge is 0.392 e. The number of aliphatic hydroxyl groups excluding tert-OH is 1. The summed E-state index contributed by atoms with van der Waals surface area (Å²) in [5.41, 5.74) is 1.66. The van der Waals surface area contributed by atoms with E-state index in [1.807, 2.05) is 0 Å². The van der Waals surface area contributed by atoms with Gasteiger partial charge in [0.25, 0.3) is 0 Å². The van der Waals surface area contributed by atoms with Gasteiger partial charge >= 0.3 is 0 Å². The maximum atomic E-state index is 10.5. The van der Waals surface area contributed by atoms with Crippen LogP contribution >= 0.6 is 0 Å². The van der Waals surface area contributed by atoms with Crippen LogP contribution in [0.1, 0.15) is 71.6 Å². The molecule has 2 aliphatic rings. The molecule has 2 rings (SSSR count). The Balaban J connectivity index is 1.74. The topological polar surface area (TPSA) is 23.5 Å². The molecule has 1 N–H and O–H groups in total. The maximum absolute atomic E-state index is 10.5. The fourth-order valence-electron chi connectivity index (χ4n) is 4.82. The summed E-state index contributed by atoms with van der Waals surface area (Å²) in [5.74, 6) is 2.24. The average Bonchev–Trinajstić information content (AvgIpc) is 3.13. The summed E-state index contributed by atoms with van der Waals surface area (Å²) in [5, 5.41) is 10.5. The maximum Gasteiger partial charge on any atom is 0.0611 e. The quantitative estimate of drug-likeness (QED) is 0.258. The molecule has 1 fully saturated rings. The minimum absolute atomic E-state index is 0.153. The van der Waals surface area contributed by atoms with Gasteiger partial charge in [-0.15, -0.1) is 0 Å². The van der Waals surface area contributed by atoms with E-state index in [-0.39, 0.29) is 6.10 Å². The van der Waals surface area contributed by atoms with E-state index in [0.29, 0.717) is 23.7 Å². The van der Waals surface area contributed by atoms with E-state index in [9.17, 15) is 5.11 Å². The van der Waals surface area contributed by atoms with Crippen LogP contribution in [0.4, 0.5) is 0 Å². The van der Waals surface area contributed by atoms with Crippen LogP contribution in [0.25, 0.3) is 0 Å². The number of rotatable bonds is 12. The Morgan fingerprint density at radius 1 is 1.19 bits per heavy atom. The molecule has 1 saturated carbocycles. The smallest absolute Gasteiger partial charge is 0.0611 e. The summed E-state index contributed by atoms with van der Waals surface area (Å²) < 4.78 is 0. The standard InChI is InChI=1S/C25H43NO/c1-5-6-12-20(2)13-9-10-15-23-24-18-21(17-22(24)19-25(23)27)14-8-7-11-16-26(3)4/h9-10,13,15,17,20,22-25,27H,5-8,11-12,14,16,18-19H2,1-4H3/b13-9+,15-10+/t20-,22-,23+,24-,25+/m0/s1. The van der Waals surface area contributed by atoms with Gasteiger partial charge in [-0.05, 0) is 76.9 Å². The van der Waals surface area contributed by atoms with Gasteiger partial charge in [-0.1, -0.05) is 69.1 Å². The Hall–Kier alpha value is -0.860. The minimum atomic E-state index is -0.153. The molecule has 0 heterocycles. The van der Waals surface area contributed by atoms with Crippen molar-refractivity contribution in [2.45, 2.75) is 77.7 Å². The van der Waals surface area contributed by atoms with Crippen LogP contribution in [-0.4, -0.2) is 36.8 Å². The Morgan fingerprint density at radius 3 is 2.74 bits per heavy atom. The van der Waals surface area contributed by atoms with E-state index < -0.39 is 0 Å². The molecule has 27 heavy (non-hydrogen) atoms. The highest BCUT2D eigenvalue weighted by atomic mass is 16.3. The van der Waals surface area contributed by atoms with Crippen molar-refractivity contribution in [3.63, 3.8) is 0 Å². The van der Waals surface area contributed by atoms with Crippen molar-refractivity contribution >= 4 is 0 Å². The molecule has 2 heteroatoms. The van der Waals surface area contributed by atoms with Crippen LogP contribution in [-0.2, 0) is 0 Å². The molecule has 0 radical (unpaired) electrons. The second-order valence-corrected chi connectivity index (χ2v) is 9.24. The van der Waals surface area contributed by atoms with Gasteiger partial charge in [-0.3, -0.25) is 0 Å². The molecule has 0 unspecified atom stereocenters. The van der Waals surface area contributed by atoms with E-state index in [1.165, 1.54) is 57.9 Å². The molecular weight excluding hydrogens is 330 g/mol. The molecule has 0 aromatic carbocycles. The van der Waals surface area contributed by atoms with Crippen molar-refractivity contribution < 1.29 is 5.11 Å². The van der Waals surface area contributed by atoms with Gasteiger partial charge in [0.15, 0.2) is 0 Å². The number of fused-ring (bicyclic) bond motifs is 1. The average molecular weight is 374 g/mol. The molecule has 2 nitrogen and oxygen atoms in total. The zero-order valence-electron chi connectivity index (χ0n) is 18.2. The van der Waals surface area contributed by atoms with Gasteiger partial charge < -0.3 is 10.0 Å². The predicted molar refractivity (Wildman–Crippen MR) is 118 cm³/mol. The molecule has 5 atom stereocenters. The third kappa shape index (κ3) is 7.58. The number of aliphatic hydroxyl groups is 1. The fraction of sp³-hybridized carbons (Fsp3) is 0.760. The first-order valence-electron chi connectivity index (χ1n) is 11.4. The fourth-order valence-corrected chi connectivity index (χ4v) is 4.82. The number of allylic oxidation sites excluding steroid dienone is 5. The van der Waals surface area contributed by atoms with Crippen molar-refractivity contribution in [1.82, 2.24) is 4.90 Å². The van der Waals surface area contributed by atoms with E-state index in [0.717, 1.165) is 6.42 Å². The Labute approximate surface area is 168 Å². The Bertz CT molecular complexity index is 504. The van der Waals surface area contributed by atoms with E-state index in [2.05, 4.69) is 63.2 Å². The van der Waals surface area contributed by atoms with Crippen molar-refractivity contribution in [2.75, 3.05) is 20.6 Å². The molecule has 0 amide bonds. The molecule has 0 aromatic heterocycles. The molecule has 0 aromatic rings. The zero-order valence-corrected chi connectivity index (χ0v) is 18.2. The predicted octanol–water partition coefficient (Wildman–Crippen LogP) is 5.99. The lowest BCUT2D eigenvalue weighted by Crippen LogP contribution is -2.16. The SMILES string of the molecule is CCCC[C@H](C)/C=C/C=C/[C@@H]1[C@H]2CC(CCCCCN(C)C)=C[C@H]2C[C@H]1O. The van der Waals surface area contributed by atoms with Gasteiger partial charge in [0.05, 0.1) is 6.10 Å². The van der Waals surface area contributed by atoms with Crippen molar-refractivity contribution in [1.29, 1.82) is 0 Å². The second-order valence-electron chi connectivity index (χ2n) is 9.24. The van der Waals surface area contributed by atoms with Gasteiger partial charge in [-0.25, -0.2) is 0 Å². The third-order valence-corrected chi connectivity index (χ3v) is 6.45. The second kappa shape index (κ2) is 11.9. The van der Waals surface area contributed by atoms with Crippen LogP contribution in [0, 0.1) is 23.7 Å². The van der Waals surface area contributed by atoms with Crippen molar-refractivity contribution in [2.24, 2.45) is 23.7 Å². The summed E-state index contributed by atoms with van der Waals surface area (Å²) in [7, 11) is 4.31. The van der Waals surface area contributed by atoms with E-state index in [1.54, 1.807) is 5.57 Å². The summed E-state index contributed by atoms with van der Waals surface area (Å²) >= 11 is 0. The van der Waals surface area contributed by atoms with E-state index >= 15 is 0 Å². The van der Waals surface area contributed by atoms with Crippen LogP contribution < -0.4 is 0 Å². The highest BCUT2D eigenvalue weighted by Crippen LogP contribution is 2.48. The lowest BCUT2D eigenvalue weighted by molar-refractivity contribution is 0.141. The number of unbranched alkanes of at least 4 members (excludes halogenated alkanes) is 3. The highest BCUT2D eigenvalue weighted by molar-refractivity contribution is 5.21. The number of hydrogen-bond donors (Lipinski definition) is 1. The van der Waals surface area contributed by atoms with E-state index in [4.69, 9.17) is 0 Å². The highest BCUT2D eigenvalue weighted by Gasteiger charge is 2.42. The van der Waals surface area contributed by atoms with Crippen molar-refractivity contribution in [3.8, 4) is 0 Å². The molecule has 2 aliphatic carbocycles. The first-order chi connectivity index (χ1) is 13.0. The van der Waals surface area contributed by atoms with Gasteiger partial charge in [0.2, 0.25) is 0 Å². The first kappa shape index (κ1) is 22.4. The van der Waals surface area contributed by atoms with Crippen LogP contribution in [0.15, 0.2) is 36.0 Å². The monoisotopic (exact) mass is 373 g/mol. The zero-order chi connectivity index (χ0) is 19.6. The molecular formula is C25H43NO. The van der Waals surface area contributed by atoms with Gasteiger partial charge in [0.1, 0.15) is 0 Å². The van der Waals surface area contributed by atoms with Crippen LogP contribution in [0.3, 0.4) is 0 Å². The lowest BCUT2D eigenvalue weighted by Gasteiger charge is -2.18. The Morgan fingerprint density at radius 2 is 2.00 bits per heavy atom. The summed E-state index contributed by atoms with van der Waals surface area (Å²) in [6, 6.07) is 0. The molecule has 154 valence electrons. The van der Waals surface area contributed by atoms with Crippen LogP contribution in [0.5, 0.6) is 0 Å².